The van der Waals surface area contributed by atoms with E-state index in [0.717, 1.165) is 25.7 Å². The number of allylic oxidation sites excluding steroid dienone is 2. The number of ketones is 2. The molecule has 0 spiro atoms. The highest BCUT2D eigenvalue weighted by Crippen LogP contribution is 2.42. The van der Waals surface area contributed by atoms with Gasteiger partial charge in [0.15, 0.2) is 0 Å². The lowest BCUT2D eigenvalue weighted by Gasteiger charge is -2.34. The first-order valence-electron chi connectivity index (χ1n) is 7.12. The number of Topliss-reactive ketones (excluding diaryl/α,β-unsaturated/α-hetero) is 2. The van der Waals surface area contributed by atoms with E-state index in [1.807, 2.05) is 0 Å². The van der Waals surface area contributed by atoms with Crippen LogP contribution in [0, 0.1) is 11.3 Å². The molecule has 0 heterocycles. The normalized spacial score (nSPS) is 32.4. The summed E-state index contributed by atoms with van der Waals surface area (Å²) >= 11 is 0. The van der Waals surface area contributed by atoms with E-state index >= 15 is 0 Å². The zero-order chi connectivity index (χ0) is 13.3. The van der Waals surface area contributed by atoms with Gasteiger partial charge in [0.05, 0.1) is 0 Å². The molecule has 0 aromatic rings. The maximum Gasteiger partial charge on any atom is 0.137 e. The van der Waals surface area contributed by atoms with Crippen LogP contribution >= 0.6 is 0 Å². The monoisotopic (exact) mass is 248 g/mol. The van der Waals surface area contributed by atoms with Gasteiger partial charge in [-0.15, -0.1) is 0 Å². The molecule has 2 rings (SSSR count). The lowest BCUT2D eigenvalue weighted by atomic mass is 9.69. The van der Waals surface area contributed by atoms with Gasteiger partial charge in [0.25, 0.3) is 0 Å². The van der Waals surface area contributed by atoms with Gasteiger partial charge in [-0.25, -0.2) is 0 Å². The van der Waals surface area contributed by atoms with Gasteiger partial charge in [0.1, 0.15) is 11.6 Å². The average molecular weight is 248 g/mol. The van der Waals surface area contributed by atoms with Crippen LogP contribution in [-0.2, 0) is 9.59 Å². The van der Waals surface area contributed by atoms with Crippen LogP contribution in [0.5, 0.6) is 0 Å². The van der Waals surface area contributed by atoms with Crippen molar-refractivity contribution in [3.05, 3.63) is 11.1 Å². The lowest BCUT2D eigenvalue weighted by molar-refractivity contribution is -0.122. The molecule has 2 saturated carbocycles. The molecule has 100 valence electrons. The lowest BCUT2D eigenvalue weighted by Crippen LogP contribution is -2.28. The molecule has 0 bridgehead atoms. The molecule has 0 radical (unpaired) electrons. The molecule has 1 unspecified atom stereocenters. The number of rotatable bonds is 1. The quantitative estimate of drug-likeness (QED) is 0.661. The summed E-state index contributed by atoms with van der Waals surface area (Å²) < 4.78 is 0. The number of hydrogen-bond acceptors (Lipinski definition) is 2. The Labute approximate surface area is 110 Å². The Hall–Kier alpha value is -0.920. The molecular weight excluding hydrogens is 224 g/mol. The zero-order valence-electron chi connectivity index (χ0n) is 11.8. The zero-order valence-corrected chi connectivity index (χ0v) is 11.8. The topological polar surface area (TPSA) is 34.1 Å². The SMILES string of the molecule is CC(=O)C1CCCCC1=C1CC(=O)CC(C)(C)C1. The summed E-state index contributed by atoms with van der Waals surface area (Å²) in [4.78, 5) is 23.7. The highest BCUT2D eigenvalue weighted by Gasteiger charge is 2.33. The van der Waals surface area contributed by atoms with Gasteiger partial charge in [-0.3, -0.25) is 9.59 Å². The number of hydrogen-bond donors (Lipinski definition) is 0. The summed E-state index contributed by atoms with van der Waals surface area (Å²) in [6.07, 6.45) is 6.64. The van der Waals surface area contributed by atoms with Gasteiger partial charge < -0.3 is 0 Å². The first-order valence-corrected chi connectivity index (χ1v) is 7.12. The van der Waals surface area contributed by atoms with Gasteiger partial charge in [0.2, 0.25) is 0 Å². The second kappa shape index (κ2) is 4.99. The Balaban J connectivity index is 2.32. The second-order valence-corrected chi connectivity index (χ2v) is 6.77. The van der Waals surface area contributed by atoms with E-state index in [-0.39, 0.29) is 17.1 Å². The van der Waals surface area contributed by atoms with Gasteiger partial charge in [-0.2, -0.15) is 0 Å². The van der Waals surface area contributed by atoms with Crippen LogP contribution < -0.4 is 0 Å². The van der Waals surface area contributed by atoms with E-state index in [9.17, 15) is 9.59 Å². The highest BCUT2D eigenvalue weighted by atomic mass is 16.1. The minimum atomic E-state index is 0.0798. The first kappa shape index (κ1) is 13.5. The fourth-order valence-corrected chi connectivity index (χ4v) is 3.65. The molecule has 1 atom stereocenters. The van der Waals surface area contributed by atoms with Crippen molar-refractivity contribution in [3.63, 3.8) is 0 Å². The van der Waals surface area contributed by atoms with E-state index in [2.05, 4.69) is 13.8 Å². The summed E-state index contributed by atoms with van der Waals surface area (Å²) in [6.45, 7) is 6.03. The van der Waals surface area contributed by atoms with E-state index < -0.39 is 0 Å². The molecule has 0 saturated heterocycles. The average Bonchev–Trinajstić information content (AvgIpc) is 2.26. The largest absolute Gasteiger partial charge is 0.299 e. The Morgan fingerprint density at radius 1 is 1.22 bits per heavy atom. The molecular formula is C16H24O2. The van der Waals surface area contributed by atoms with Crippen LogP contribution in [0.1, 0.15) is 65.7 Å². The molecule has 2 aliphatic carbocycles. The molecule has 0 aromatic heterocycles. The summed E-state index contributed by atoms with van der Waals surface area (Å²) in [5, 5.41) is 0. The Bertz CT molecular complexity index is 401. The number of carbonyl (C=O) groups excluding carboxylic acids is 2. The smallest absolute Gasteiger partial charge is 0.137 e. The summed E-state index contributed by atoms with van der Waals surface area (Å²) in [6, 6.07) is 0. The van der Waals surface area contributed by atoms with Gasteiger partial charge in [-0.05, 0) is 38.0 Å². The molecule has 0 aliphatic heterocycles. The van der Waals surface area contributed by atoms with Crippen molar-refractivity contribution in [1.29, 1.82) is 0 Å². The maximum atomic E-state index is 11.9. The second-order valence-electron chi connectivity index (χ2n) is 6.77. The van der Waals surface area contributed by atoms with Crippen LogP contribution in [0.4, 0.5) is 0 Å². The van der Waals surface area contributed by atoms with Crippen molar-refractivity contribution in [2.75, 3.05) is 0 Å². The standard InChI is InChI=1S/C16H24O2/c1-11(17)14-6-4-5-7-15(14)12-8-13(18)10-16(2,3)9-12/h14H,4-10H2,1-3H3. The minimum absolute atomic E-state index is 0.0798. The first-order chi connectivity index (χ1) is 8.39. The molecule has 18 heavy (non-hydrogen) atoms. The Morgan fingerprint density at radius 2 is 1.94 bits per heavy atom. The van der Waals surface area contributed by atoms with E-state index in [1.165, 1.54) is 17.6 Å². The van der Waals surface area contributed by atoms with E-state index in [4.69, 9.17) is 0 Å². The van der Waals surface area contributed by atoms with Crippen LogP contribution in [0.25, 0.3) is 0 Å². The molecule has 2 nitrogen and oxygen atoms in total. The van der Waals surface area contributed by atoms with Gasteiger partial charge >= 0.3 is 0 Å². The molecule has 2 fully saturated rings. The van der Waals surface area contributed by atoms with Crippen molar-refractivity contribution >= 4 is 11.6 Å². The molecule has 2 aliphatic rings. The van der Waals surface area contributed by atoms with Crippen LogP contribution in [-0.4, -0.2) is 11.6 Å². The number of carbonyl (C=O) groups is 2. The van der Waals surface area contributed by atoms with Crippen molar-refractivity contribution in [1.82, 2.24) is 0 Å². The van der Waals surface area contributed by atoms with Crippen molar-refractivity contribution < 1.29 is 9.59 Å². The molecule has 2 heteroatoms. The maximum absolute atomic E-state index is 11.9. The third-order valence-electron chi connectivity index (χ3n) is 4.33. The highest BCUT2D eigenvalue weighted by molar-refractivity contribution is 5.85. The molecule has 0 aromatic carbocycles. The fourth-order valence-electron chi connectivity index (χ4n) is 3.65. The van der Waals surface area contributed by atoms with Gasteiger partial charge in [-0.1, -0.05) is 31.4 Å². The van der Waals surface area contributed by atoms with Crippen molar-refractivity contribution in [3.8, 4) is 0 Å². The third-order valence-corrected chi connectivity index (χ3v) is 4.33. The fraction of sp³-hybridized carbons (Fsp3) is 0.750. The molecule has 0 amide bonds. The van der Waals surface area contributed by atoms with Crippen LogP contribution in [0.3, 0.4) is 0 Å². The van der Waals surface area contributed by atoms with Gasteiger partial charge in [0, 0.05) is 18.8 Å². The van der Waals surface area contributed by atoms with Crippen LogP contribution in [0.2, 0.25) is 0 Å². The van der Waals surface area contributed by atoms with E-state index in [1.54, 1.807) is 6.92 Å². The third kappa shape index (κ3) is 2.90. The van der Waals surface area contributed by atoms with Crippen molar-refractivity contribution in [2.45, 2.75) is 65.7 Å². The summed E-state index contributed by atoms with van der Waals surface area (Å²) in [5.41, 5.74) is 2.68. The predicted molar refractivity (Wildman–Crippen MR) is 72.3 cm³/mol. The minimum Gasteiger partial charge on any atom is -0.299 e. The predicted octanol–water partition coefficient (Wildman–Crippen LogP) is 3.84. The van der Waals surface area contributed by atoms with E-state index in [0.29, 0.717) is 18.6 Å². The Morgan fingerprint density at radius 3 is 2.56 bits per heavy atom. The van der Waals surface area contributed by atoms with Crippen LogP contribution in [0.15, 0.2) is 11.1 Å². The Kier molecular flexibility index (Phi) is 3.74. The van der Waals surface area contributed by atoms with Crippen molar-refractivity contribution in [2.24, 2.45) is 11.3 Å². The molecule has 0 N–H and O–H groups in total. The summed E-state index contributed by atoms with van der Waals surface area (Å²) in [7, 11) is 0. The summed E-state index contributed by atoms with van der Waals surface area (Å²) in [5.74, 6) is 0.741.